The van der Waals surface area contributed by atoms with Gasteiger partial charge >= 0.3 is 0 Å². The number of amides is 1. The molecule has 0 saturated carbocycles. The van der Waals surface area contributed by atoms with Crippen molar-refractivity contribution in [2.24, 2.45) is 11.0 Å². The number of nitrogens with zero attached hydrogens (tertiary/aromatic N) is 1. The Kier molecular flexibility index (Phi) is 7.31. The molecule has 7 nitrogen and oxygen atoms in total. The van der Waals surface area contributed by atoms with Crippen LogP contribution in [0.1, 0.15) is 25.0 Å². The van der Waals surface area contributed by atoms with Crippen molar-refractivity contribution in [3.8, 4) is 5.75 Å². The Hall–Kier alpha value is -2.71. The first-order valence-electron chi connectivity index (χ1n) is 8.79. The topological polar surface area (TPSA) is 96.9 Å². The Bertz CT molecular complexity index is 921. The predicted octanol–water partition coefficient (Wildman–Crippen LogP) is 2.46. The van der Waals surface area contributed by atoms with Gasteiger partial charge in [-0.1, -0.05) is 31.5 Å². The molecule has 2 N–H and O–H groups in total. The van der Waals surface area contributed by atoms with E-state index in [0.29, 0.717) is 5.75 Å². The summed E-state index contributed by atoms with van der Waals surface area (Å²) in [6.45, 7) is 5.39. The maximum atomic E-state index is 12.6. The van der Waals surface area contributed by atoms with Crippen LogP contribution in [0.5, 0.6) is 5.75 Å². The summed E-state index contributed by atoms with van der Waals surface area (Å²) in [5.74, 6) is -0.0848. The average Bonchev–Trinajstić information content (AvgIpc) is 2.66. The normalized spacial score (nSPS) is 12.9. The van der Waals surface area contributed by atoms with Gasteiger partial charge in [0, 0.05) is 0 Å². The van der Waals surface area contributed by atoms with Gasteiger partial charge in [0.15, 0.2) is 0 Å². The molecule has 1 amide bonds. The molecule has 2 aromatic carbocycles. The van der Waals surface area contributed by atoms with Gasteiger partial charge < -0.3 is 4.74 Å². The Morgan fingerprint density at radius 2 is 1.68 bits per heavy atom. The molecule has 2 aromatic rings. The highest BCUT2D eigenvalue weighted by molar-refractivity contribution is 7.89. The van der Waals surface area contributed by atoms with Crippen molar-refractivity contribution in [2.45, 2.75) is 31.7 Å². The standard InChI is InChI=1S/C20H25N3O4S/c1-14(2)19(23-28(25,26)18-11-5-15(3)6-12-18)20(24)22-21-13-16-7-9-17(27-4)10-8-16/h5-14,19,23H,1-4H3,(H,22,24)/b21-13-/t19-/m0/s1. The van der Waals surface area contributed by atoms with Crippen LogP contribution in [0.15, 0.2) is 58.5 Å². The first-order valence-corrected chi connectivity index (χ1v) is 10.3. The molecule has 0 aliphatic rings. The van der Waals surface area contributed by atoms with Gasteiger partial charge in [-0.3, -0.25) is 4.79 Å². The van der Waals surface area contributed by atoms with Crippen LogP contribution in [0, 0.1) is 12.8 Å². The zero-order chi connectivity index (χ0) is 20.7. The molecule has 0 aromatic heterocycles. The number of hydrogen-bond acceptors (Lipinski definition) is 5. The smallest absolute Gasteiger partial charge is 0.258 e. The summed E-state index contributed by atoms with van der Waals surface area (Å²) in [5, 5.41) is 3.91. The number of hydrogen-bond donors (Lipinski definition) is 2. The van der Waals surface area contributed by atoms with Crippen LogP contribution in [-0.4, -0.2) is 33.7 Å². The van der Waals surface area contributed by atoms with Crippen LogP contribution < -0.4 is 14.9 Å². The fourth-order valence-electron chi connectivity index (χ4n) is 2.37. The maximum Gasteiger partial charge on any atom is 0.258 e. The van der Waals surface area contributed by atoms with E-state index in [0.717, 1.165) is 11.1 Å². The van der Waals surface area contributed by atoms with Crippen molar-refractivity contribution in [2.75, 3.05) is 7.11 Å². The Labute approximate surface area is 165 Å². The second kappa shape index (κ2) is 9.48. The average molecular weight is 404 g/mol. The van der Waals surface area contributed by atoms with Crippen molar-refractivity contribution in [1.29, 1.82) is 0 Å². The number of carbonyl (C=O) groups is 1. The Balaban J connectivity index is 2.06. The third kappa shape index (κ3) is 5.90. The van der Waals surface area contributed by atoms with Gasteiger partial charge in [0.05, 0.1) is 18.2 Å². The van der Waals surface area contributed by atoms with Gasteiger partial charge in [0.25, 0.3) is 5.91 Å². The monoisotopic (exact) mass is 403 g/mol. The van der Waals surface area contributed by atoms with Crippen molar-refractivity contribution in [3.63, 3.8) is 0 Å². The number of sulfonamides is 1. The lowest BCUT2D eigenvalue weighted by molar-refractivity contribution is -0.123. The van der Waals surface area contributed by atoms with Gasteiger partial charge in [-0.25, -0.2) is 13.8 Å². The fraction of sp³-hybridized carbons (Fsp3) is 0.300. The second-order valence-electron chi connectivity index (χ2n) is 6.66. The van der Waals surface area contributed by atoms with Crippen molar-refractivity contribution in [1.82, 2.24) is 10.1 Å². The molecule has 28 heavy (non-hydrogen) atoms. The summed E-state index contributed by atoms with van der Waals surface area (Å²) >= 11 is 0. The minimum Gasteiger partial charge on any atom is -0.497 e. The highest BCUT2D eigenvalue weighted by Gasteiger charge is 2.28. The number of nitrogens with one attached hydrogen (secondary N) is 2. The first-order chi connectivity index (χ1) is 13.2. The van der Waals surface area contributed by atoms with Crippen molar-refractivity contribution in [3.05, 3.63) is 59.7 Å². The van der Waals surface area contributed by atoms with Crippen LogP contribution >= 0.6 is 0 Å². The van der Waals surface area contributed by atoms with Crippen molar-refractivity contribution < 1.29 is 17.9 Å². The zero-order valence-corrected chi connectivity index (χ0v) is 17.2. The van der Waals surface area contributed by atoms with E-state index in [2.05, 4.69) is 15.2 Å². The summed E-state index contributed by atoms with van der Waals surface area (Å²) in [4.78, 5) is 12.6. The molecule has 0 bridgehead atoms. The van der Waals surface area contributed by atoms with Crippen LogP contribution in [0.4, 0.5) is 0 Å². The highest BCUT2D eigenvalue weighted by Crippen LogP contribution is 2.13. The van der Waals surface area contributed by atoms with E-state index in [4.69, 9.17) is 4.74 Å². The van der Waals surface area contributed by atoms with Gasteiger partial charge in [0.2, 0.25) is 10.0 Å². The summed E-state index contributed by atoms with van der Waals surface area (Å²) in [5.41, 5.74) is 4.11. The molecule has 150 valence electrons. The zero-order valence-electron chi connectivity index (χ0n) is 16.3. The van der Waals surface area contributed by atoms with E-state index < -0.39 is 22.0 Å². The minimum atomic E-state index is -3.83. The first kappa shape index (κ1) is 21.6. The maximum absolute atomic E-state index is 12.6. The molecule has 0 aliphatic heterocycles. The molecular formula is C20H25N3O4S. The number of benzene rings is 2. The number of hydrazone groups is 1. The van der Waals surface area contributed by atoms with E-state index >= 15 is 0 Å². The lowest BCUT2D eigenvalue weighted by Gasteiger charge is -2.20. The van der Waals surface area contributed by atoms with E-state index in [1.165, 1.54) is 18.3 Å². The largest absolute Gasteiger partial charge is 0.497 e. The Morgan fingerprint density at radius 1 is 1.07 bits per heavy atom. The lowest BCUT2D eigenvalue weighted by Crippen LogP contribution is -2.48. The molecule has 1 atom stereocenters. The van der Waals surface area contributed by atoms with E-state index in [1.54, 1.807) is 57.4 Å². The minimum absolute atomic E-state index is 0.110. The third-order valence-corrected chi connectivity index (χ3v) is 5.52. The quantitative estimate of drug-likeness (QED) is 0.523. The van der Waals surface area contributed by atoms with Crippen LogP contribution in [0.25, 0.3) is 0 Å². The molecular weight excluding hydrogens is 378 g/mol. The number of methoxy groups -OCH3 is 1. The molecule has 0 saturated heterocycles. The lowest BCUT2D eigenvalue weighted by atomic mass is 10.1. The molecule has 0 fully saturated rings. The third-order valence-electron chi connectivity index (χ3n) is 4.07. The van der Waals surface area contributed by atoms with E-state index in [9.17, 15) is 13.2 Å². The van der Waals surface area contributed by atoms with Gasteiger partial charge in [-0.15, -0.1) is 0 Å². The Morgan fingerprint density at radius 3 is 2.21 bits per heavy atom. The molecule has 0 heterocycles. The molecule has 0 aliphatic carbocycles. The molecule has 0 spiro atoms. The van der Waals surface area contributed by atoms with Gasteiger partial charge in [-0.05, 0) is 54.8 Å². The molecule has 8 heteroatoms. The summed E-state index contributed by atoms with van der Waals surface area (Å²) < 4.78 is 32.7. The van der Waals surface area contributed by atoms with E-state index in [1.807, 2.05) is 6.92 Å². The van der Waals surface area contributed by atoms with Crippen LogP contribution in [0.2, 0.25) is 0 Å². The molecule has 0 radical (unpaired) electrons. The fourth-order valence-corrected chi connectivity index (χ4v) is 3.72. The predicted molar refractivity (Wildman–Crippen MR) is 109 cm³/mol. The summed E-state index contributed by atoms with van der Waals surface area (Å²) in [7, 11) is -2.25. The molecule has 0 unspecified atom stereocenters. The van der Waals surface area contributed by atoms with Crippen LogP contribution in [0.3, 0.4) is 0 Å². The van der Waals surface area contributed by atoms with Gasteiger partial charge in [0.1, 0.15) is 11.8 Å². The SMILES string of the molecule is COc1ccc(/C=N\NC(=O)[C@@H](NS(=O)(=O)c2ccc(C)cc2)C(C)C)cc1. The second-order valence-corrected chi connectivity index (χ2v) is 8.38. The number of ether oxygens (including phenoxy) is 1. The number of rotatable bonds is 8. The summed E-state index contributed by atoms with van der Waals surface area (Å²) in [6.07, 6.45) is 1.48. The van der Waals surface area contributed by atoms with Gasteiger partial charge in [-0.2, -0.15) is 9.82 Å². The highest BCUT2D eigenvalue weighted by atomic mass is 32.2. The molecule has 2 rings (SSSR count). The van der Waals surface area contributed by atoms with Crippen molar-refractivity contribution >= 4 is 22.1 Å². The number of aryl methyl sites for hydroxylation is 1. The summed E-state index contributed by atoms with van der Waals surface area (Å²) in [6, 6.07) is 12.6. The van der Waals surface area contributed by atoms with Crippen LogP contribution in [-0.2, 0) is 14.8 Å². The van der Waals surface area contributed by atoms with E-state index in [-0.39, 0.29) is 10.8 Å². The number of carbonyl (C=O) groups excluding carboxylic acids is 1.